The van der Waals surface area contributed by atoms with Crippen LogP contribution in [0.4, 0.5) is 0 Å². The molecule has 0 spiro atoms. The highest BCUT2D eigenvalue weighted by Crippen LogP contribution is 2.39. The van der Waals surface area contributed by atoms with Crippen LogP contribution in [0.5, 0.6) is 5.75 Å². The highest BCUT2D eigenvalue weighted by Gasteiger charge is 2.26. The first kappa shape index (κ1) is 17.3. The molecule has 0 radical (unpaired) electrons. The topological polar surface area (TPSA) is 55.1 Å². The molecule has 0 bridgehead atoms. The maximum absolute atomic E-state index is 11.9. The average Bonchev–Trinajstić information content (AvgIpc) is 2.40. The van der Waals surface area contributed by atoms with Gasteiger partial charge in [-0.15, -0.1) is 0 Å². The van der Waals surface area contributed by atoms with Crippen molar-refractivity contribution >= 4 is 0 Å². The predicted molar refractivity (Wildman–Crippen MR) is 93.1 cm³/mol. The van der Waals surface area contributed by atoms with E-state index in [1.165, 1.54) is 10.7 Å². The van der Waals surface area contributed by atoms with Gasteiger partial charge in [-0.1, -0.05) is 41.5 Å². The van der Waals surface area contributed by atoms with E-state index in [-0.39, 0.29) is 16.4 Å². The Morgan fingerprint density at radius 3 is 2.00 bits per heavy atom. The maximum atomic E-state index is 11.9. The van der Waals surface area contributed by atoms with E-state index in [1.807, 2.05) is 12.1 Å². The Hall–Kier alpha value is -2.10. The zero-order chi connectivity index (χ0) is 17.4. The van der Waals surface area contributed by atoms with E-state index in [2.05, 4.69) is 46.6 Å². The summed E-state index contributed by atoms with van der Waals surface area (Å²) in [6.07, 6.45) is 1.61. The second kappa shape index (κ2) is 5.84. The smallest absolute Gasteiger partial charge is 0.267 e. The number of hydrogen-bond acceptors (Lipinski definition) is 3. The number of rotatable bonds is 2. The Morgan fingerprint density at radius 2 is 1.57 bits per heavy atom. The van der Waals surface area contributed by atoms with Crippen molar-refractivity contribution in [3.8, 4) is 5.75 Å². The zero-order valence-corrected chi connectivity index (χ0v) is 14.8. The minimum Gasteiger partial charge on any atom is -0.507 e. The molecule has 0 aliphatic rings. The van der Waals surface area contributed by atoms with E-state index in [1.54, 1.807) is 12.3 Å². The van der Waals surface area contributed by atoms with E-state index in [4.69, 9.17) is 0 Å². The molecule has 0 amide bonds. The van der Waals surface area contributed by atoms with Crippen LogP contribution in [0.1, 0.15) is 58.2 Å². The fraction of sp³-hybridized carbons (Fsp3) is 0.474. The van der Waals surface area contributed by atoms with Crippen LogP contribution in [0.25, 0.3) is 0 Å². The number of phenols is 1. The van der Waals surface area contributed by atoms with E-state index in [9.17, 15) is 9.90 Å². The minimum atomic E-state index is -0.185. The molecule has 0 saturated heterocycles. The first-order chi connectivity index (χ1) is 10.5. The van der Waals surface area contributed by atoms with Gasteiger partial charge in [-0.3, -0.25) is 4.79 Å². The van der Waals surface area contributed by atoms with Crippen molar-refractivity contribution in [2.24, 2.45) is 0 Å². The average molecular weight is 314 g/mol. The highest BCUT2D eigenvalue weighted by atomic mass is 16.3. The maximum Gasteiger partial charge on any atom is 0.267 e. The third-order valence-corrected chi connectivity index (χ3v) is 3.90. The van der Waals surface area contributed by atoms with Crippen molar-refractivity contribution in [1.29, 1.82) is 0 Å². The lowest BCUT2D eigenvalue weighted by atomic mass is 9.78. The van der Waals surface area contributed by atoms with Crippen molar-refractivity contribution in [1.82, 2.24) is 9.78 Å². The molecule has 0 fully saturated rings. The van der Waals surface area contributed by atoms with Crippen molar-refractivity contribution in [2.45, 2.75) is 58.9 Å². The predicted octanol–water partition coefficient (Wildman–Crippen LogP) is 3.59. The lowest BCUT2D eigenvalue weighted by Gasteiger charge is -2.28. The van der Waals surface area contributed by atoms with Crippen LogP contribution < -0.4 is 5.56 Å². The van der Waals surface area contributed by atoms with Gasteiger partial charge in [0.15, 0.2) is 0 Å². The third kappa shape index (κ3) is 3.81. The SMILES string of the molecule is CC(C)(C)c1cc(Cn2ncccc2=O)cc(C(C)(C)C)c1O. The van der Waals surface area contributed by atoms with Crippen LogP contribution in [0.2, 0.25) is 0 Å². The van der Waals surface area contributed by atoms with Gasteiger partial charge in [0.1, 0.15) is 5.75 Å². The number of aromatic nitrogens is 2. The van der Waals surface area contributed by atoms with Gasteiger partial charge in [-0.25, -0.2) is 4.68 Å². The van der Waals surface area contributed by atoms with E-state index >= 15 is 0 Å². The molecule has 0 saturated carbocycles. The van der Waals surface area contributed by atoms with Gasteiger partial charge in [0.2, 0.25) is 0 Å². The molecule has 1 aromatic heterocycles. The quantitative estimate of drug-likeness (QED) is 0.921. The molecule has 0 aliphatic carbocycles. The van der Waals surface area contributed by atoms with Crippen molar-refractivity contribution in [3.63, 3.8) is 0 Å². The molecule has 1 N–H and O–H groups in total. The van der Waals surface area contributed by atoms with Crippen molar-refractivity contribution in [3.05, 3.63) is 57.5 Å². The van der Waals surface area contributed by atoms with E-state index in [0.717, 1.165) is 16.7 Å². The summed E-state index contributed by atoms with van der Waals surface area (Å²) >= 11 is 0. The minimum absolute atomic E-state index is 0.129. The Labute approximate surface area is 137 Å². The normalized spacial score (nSPS) is 12.4. The Bertz CT molecular complexity index is 727. The van der Waals surface area contributed by atoms with Gasteiger partial charge in [0, 0.05) is 12.3 Å². The van der Waals surface area contributed by atoms with Crippen LogP contribution in [-0.4, -0.2) is 14.9 Å². The molecule has 0 unspecified atom stereocenters. The first-order valence-corrected chi connectivity index (χ1v) is 7.89. The first-order valence-electron chi connectivity index (χ1n) is 7.89. The van der Waals surface area contributed by atoms with Crippen LogP contribution in [0.3, 0.4) is 0 Å². The Morgan fingerprint density at radius 1 is 1.04 bits per heavy atom. The van der Waals surface area contributed by atoms with Gasteiger partial charge in [0.05, 0.1) is 6.54 Å². The molecule has 4 nitrogen and oxygen atoms in total. The highest BCUT2D eigenvalue weighted by molar-refractivity contribution is 5.49. The molecule has 2 rings (SSSR count). The fourth-order valence-electron chi connectivity index (χ4n) is 2.61. The van der Waals surface area contributed by atoms with Crippen molar-refractivity contribution in [2.75, 3.05) is 0 Å². The molecule has 124 valence electrons. The Kier molecular flexibility index (Phi) is 4.38. The summed E-state index contributed by atoms with van der Waals surface area (Å²) in [6, 6.07) is 7.09. The molecule has 1 aromatic carbocycles. The molecule has 23 heavy (non-hydrogen) atoms. The van der Waals surface area contributed by atoms with Gasteiger partial charge in [-0.2, -0.15) is 5.10 Å². The lowest BCUT2D eigenvalue weighted by Crippen LogP contribution is -2.23. The van der Waals surface area contributed by atoms with Gasteiger partial charge in [-0.05, 0) is 45.7 Å². The second-order valence-electron chi connectivity index (χ2n) is 8.06. The molecular weight excluding hydrogens is 288 g/mol. The standard InChI is InChI=1S/C19H26N2O2/c1-18(2,3)14-10-13(11-15(17(14)23)19(4,5)6)12-21-16(22)8-7-9-20-21/h7-11,23H,12H2,1-6H3. The zero-order valence-electron chi connectivity index (χ0n) is 14.8. The monoisotopic (exact) mass is 314 g/mol. The summed E-state index contributed by atoms with van der Waals surface area (Å²) in [7, 11) is 0. The van der Waals surface area contributed by atoms with E-state index < -0.39 is 0 Å². The second-order valence-corrected chi connectivity index (χ2v) is 8.06. The van der Waals surface area contributed by atoms with E-state index in [0.29, 0.717) is 12.3 Å². The van der Waals surface area contributed by atoms with Gasteiger partial charge >= 0.3 is 0 Å². The van der Waals surface area contributed by atoms with Crippen LogP contribution in [0.15, 0.2) is 35.3 Å². The van der Waals surface area contributed by atoms with Gasteiger partial charge < -0.3 is 5.11 Å². The molecule has 0 aliphatic heterocycles. The molecule has 2 aromatic rings. The summed E-state index contributed by atoms with van der Waals surface area (Å²) in [4.78, 5) is 11.9. The summed E-state index contributed by atoms with van der Waals surface area (Å²) in [6.45, 7) is 12.8. The largest absolute Gasteiger partial charge is 0.507 e. The summed E-state index contributed by atoms with van der Waals surface area (Å²) in [5.74, 6) is 0.349. The molecule has 4 heteroatoms. The summed E-state index contributed by atoms with van der Waals surface area (Å²) < 4.78 is 1.44. The summed E-state index contributed by atoms with van der Waals surface area (Å²) in [5.41, 5.74) is 2.26. The third-order valence-electron chi connectivity index (χ3n) is 3.90. The number of aromatic hydroxyl groups is 1. The number of phenolic OH excluding ortho intramolecular Hbond substituents is 1. The Balaban J connectivity index is 2.61. The van der Waals surface area contributed by atoms with Crippen LogP contribution in [-0.2, 0) is 17.4 Å². The number of hydrogen-bond donors (Lipinski definition) is 1. The van der Waals surface area contributed by atoms with Gasteiger partial charge in [0.25, 0.3) is 5.56 Å². The molecular formula is C19H26N2O2. The molecule has 0 atom stereocenters. The number of benzene rings is 1. The summed E-state index contributed by atoms with van der Waals surface area (Å²) in [5, 5.41) is 14.8. The fourth-order valence-corrected chi connectivity index (χ4v) is 2.61. The lowest BCUT2D eigenvalue weighted by molar-refractivity contribution is 0.422. The van der Waals surface area contributed by atoms with Crippen molar-refractivity contribution < 1.29 is 5.11 Å². The van der Waals surface area contributed by atoms with Crippen LogP contribution >= 0.6 is 0 Å². The number of nitrogens with zero attached hydrogens (tertiary/aromatic N) is 2. The van der Waals surface area contributed by atoms with Crippen LogP contribution in [0, 0.1) is 0 Å². The molecule has 1 heterocycles.